The van der Waals surface area contributed by atoms with Crippen LogP contribution in [0, 0.1) is 0 Å². The zero-order valence-electron chi connectivity index (χ0n) is 8.10. The van der Waals surface area contributed by atoms with Gasteiger partial charge in [-0.25, -0.2) is 0 Å². The van der Waals surface area contributed by atoms with E-state index in [1.165, 1.54) is 0 Å². The summed E-state index contributed by atoms with van der Waals surface area (Å²) >= 11 is 0. The van der Waals surface area contributed by atoms with Crippen LogP contribution in [0.4, 0.5) is 0 Å². The highest BCUT2D eigenvalue weighted by molar-refractivity contribution is 5.42. The van der Waals surface area contributed by atoms with E-state index in [1.54, 1.807) is 13.2 Å². The Morgan fingerprint density at radius 1 is 1.36 bits per heavy atom. The predicted molar refractivity (Wildman–Crippen MR) is 52.6 cm³/mol. The molecule has 0 atom stereocenters. The highest BCUT2D eigenvalue weighted by Crippen LogP contribution is 2.41. The van der Waals surface area contributed by atoms with E-state index >= 15 is 0 Å². The Balaban J connectivity index is 2.18. The van der Waals surface area contributed by atoms with Gasteiger partial charge >= 0.3 is 0 Å². The minimum absolute atomic E-state index is 0.193. The Hall–Kier alpha value is -1.22. The van der Waals surface area contributed by atoms with Gasteiger partial charge in [-0.05, 0) is 30.4 Å². The molecular formula is C11H14O3. The SMILES string of the molecule is COc1ccc(C2CC(O)C2)c(O)c1. The van der Waals surface area contributed by atoms with Crippen molar-refractivity contribution in [3.05, 3.63) is 23.8 Å². The van der Waals surface area contributed by atoms with Crippen molar-refractivity contribution in [1.29, 1.82) is 0 Å². The van der Waals surface area contributed by atoms with Gasteiger partial charge in [0, 0.05) is 6.07 Å². The first-order chi connectivity index (χ1) is 6.70. The van der Waals surface area contributed by atoms with Gasteiger partial charge in [-0.15, -0.1) is 0 Å². The molecule has 0 radical (unpaired) electrons. The molecule has 3 nitrogen and oxygen atoms in total. The highest BCUT2D eigenvalue weighted by atomic mass is 16.5. The third-order valence-electron chi connectivity index (χ3n) is 2.79. The van der Waals surface area contributed by atoms with Gasteiger partial charge in [0.2, 0.25) is 0 Å². The minimum atomic E-state index is -0.193. The third-order valence-corrected chi connectivity index (χ3v) is 2.79. The Bertz CT molecular complexity index is 329. The molecule has 1 saturated carbocycles. The lowest BCUT2D eigenvalue weighted by atomic mass is 9.77. The monoisotopic (exact) mass is 194 g/mol. The maximum Gasteiger partial charge on any atom is 0.122 e. The summed E-state index contributed by atoms with van der Waals surface area (Å²) in [4.78, 5) is 0. The molecule has 76 valence electrons. The lowest BCUT2D eigenvalue weighted by Crippen LogP contribution is -2.26. The zero-order chi connectivity index (χ0) is 10.1. The number of hydrogen-bond acceptors (Lipinski definition) is 3. The molecular weight excluding hydrogens is 180 g/mol. The van der Waals surface area contributed by atoms with Crippen molar-refractivity contribution in [1.82, 2.24) is 0 Å². The number of methoxy groups -OCH3 is 1. The molecule has 1 aliphatic rings. The fourth-order valence-electron chi connectivity index (χ4n) is 1.84. The van der Waals surface area contributed by atoms with E-state index in [2.05, 4.69) is 0 Å². The van der Waals surface area contributed by atoms with Crippen LogP contribution in [0.1, 0.15) is 24.3 Å². The van der Waals surface area contributed by atoms with E-state index in [-0.39, 0.29) is 11.9 Å². The molecule has 1 fully saturated rings. The summed E-state index contributed by atoms with van der Waals surface area (Å²) in [5, 5.41) is 18.8. The fourth-order valence-corrected chi connectivity index (χ4v) is 1.84. The first-order valence-electron chi connectivity index (χ1n) is 4.75. The molecule has 0 spiro atoms. The van der Waals surface area contributed by atoms with Crippen LogP contribution < -0.4 is 4.74 Å². The van der Waals surface area contributed by atoms with Crippen LogP contribution in [-0.4, -0.2) is 23.4 Å². The number of rotatable bonds is 2. The van der Waals surface area contributed by atoms with Crippen LogP contribution in [0.2, 0.25) is 0 Å². The van der Waals surface area contributed by atoms with Crippen LogP contribution in [0.25, 0.3) is 0 Å². The van der Waals surface area contributed by atoms with Gasteiger partial charge in [-0.3, -0.25) is 0 Å². The second-order valence-electron chi connectivity index (χ2n) is 3.75. The summed E-state index contributed by atoms with van der Waals surface area (Å²) in [6.45, 7) is 0. The predicted octanol–water partition coefficient (Wildman–Crippen LogP) is 1.64. The number of benzene rings is 1. The van der Waals surface area contributed by atoms with E-state index < -0.39 is 0 Å². The molecule has 0 saturated heterocycles. The highest BCUT2D eigenvalue weighted by Gasteiger charge is 2.30. The smallest absolute Gasteiger partial charge is 0.122 e. The maximum absolute atomic E-state index is 9.68. The molecule has 2 rings (SSSR count). The van der Waals surface area contributed by atoms with Gasteiger partial charge < -0.3 is 14.9 Å². The molecule has 0 unspecified atom stereocenters. The van der Waals surface area contributed by atoms with Crippen LogP contribution in [-0.2, 0) is 0 Å². The standard InChI is InChI=1S/C11H14O3/c1-14-9-2-3-10(11(13)6-9)7-4-8(12)5-7/h2-3,6-8,12-13H,4-5H2,1H3. The third kappa shape index (κ3) is 1.55. The summed E-state index contributed by atoms with van der Waals surface area (Å²) in [5.41, 5.74) is 0.913. The fraction of sp³-hybridized carbons (Fsp3) is 0.455. The molecule has 1 aliphatic carbocycles. The van der Waals surface area contributed by atoms with Gasteiger partial charge in [0.25, 0.3) is 0 Å². The summed E-state index contributed by atoms with van der Waals surface area (Å²) in [6, 6.07) is 5.31. The Morgan fingerprint density at radius 2 is 2.07 bits per heavy atom. The quantitative estimate of drug-likeness (QED) is 0.752. The van der Waals surface area contributed by atoms with Crippen LogP contribution >= 0.6 is 0 Å². The molecule has 0 bridgehead atoms. The number of phenolic OH excluding ortho intramolecular Hbond substituents is 1. The largest absolute Gasteiger partial charge is 0.508 e. The number of aromatic hydroxyl groups is 1. The molecule has 2 N–H and O–H groups in total. The number of hydrogen-bond donors (Lipinski definition) is 2. The number of aliphatic hydroxyl groups is 1. The van der Waals surface area contributed by atoms with Gasteiger partial charge in [-0.2, -0.15) is 0 Å². The lowest BCUT2D eigenvalue weighted by molar-refractivity contribution is 0.0738. The van der Waals surface area contributed by atoms with Gasteiger partial charge in [0.1, 0.15) is 11.5 Å². The number of aliphatic hydroxyl groups excluding tert-OH is 1. The molecule has 3 heteroatoms. The normalized spacial score (nSPS) is 25.6. The maximum atomic E-state index is 9.68. The summed E-state index contributed by atoms with van der Waals surface area (Å²) in [6.07, 6.45) is 1.31. The topological polar surface area (TPSA) is 49.7 Å². The molecule has 0 aromatic heterocycles. The van der Waals surface area contributed by atoms with Crippen molar-refractivity contribution in [3.63, 3.8) is 0 Å². The van der Waals surface area contributed by atoms with Crippen molar-refractivity contribution >= 4 is 0 Å². The Labute approximate surface area is 83.0 Å². The van der Waals surface area contributed by atoms with Gasteiger partial charge in [0.15, 0.2) is 0 Å². The van der Waals surface area contributed by atoms with E-state index in [4.69, 9.17) is 9.84 Å². The zero-order valence-corrected chi connectivity index (χ0v) is 8.10. The van der Waals surface area contributed by atoms with Crippen LogP contribution in [0.15, 0.2) is 18.2 Å². The number of phenols is 1. The summed E-state index contributed by atoms with van der Waals surface area (Å²) in [7, 11) is 1.57. The van der Waals surface area contributed by atoms with Crippen molar-refractivity contribution < 1.29 is 14.9 Å². The lowest BCUT2D eigenvalue weighted by Gasteiger charge is -2.32. The second kappa shape index (κ2) is 3.50. The molecule has 1 aromatic rings. The van der Waals surface area contributed by atoms with E-state index in [0.29, 0.717) is 11.7 Å². The van der Waals surface area contributed by atoms with E-state index in [1.807, 2.05) is 12.1 Å². The number of ether oxygens (including phenoxy) is 1. The van der Waals surface area contributed by atoms with Crippen LogP contribution in [0.3, 0.4) is 0 Å². The Morgan fingerprint density at radius 3 is 2.57 bits per heavy atom. The van der Waals surface area contributed by atoms with Gasteiger partial charge in [0.05, 0.1) is 13.2 Å². The first-order valence-corrected chi connectivity index (χ1v) is 4.75. The van der Waals surface area contributed by atoms with E-state index in [9.17, 15) is 5.11 Å². The molecule has 14 heavy (non-hydrogen) atoms. The van der Waals surface area contributed by atoms with Crippen molar-refractivity contribution in [2.24, 2.45) is 0 Å². The van der Waals surface area contributed by atoms with Gasteiger partial charge in [-0.1, -0.05) is 6.07 Å². The van der Waals surface area contributed by atoms with E-state index in [0.717, 1.165) is 18.4 Å². The summed E-state index contributed by atoms with van der Waals surface area (Å²) in [5.74, 6) is 1.23. The van der Waals surface area contributed by atoms with Crippen molar-refractivity contribution in [2.75, 3.05) is 7.11 Å². The Kier molecular flexibility index (Phi) is 2.33. The average molecular weight is 194 g/mol. The van der Waals surface area contributed by atoms with Crippen molar-refractivity contribution in [2.45, 2.75) is 24.9 Å². The molecule has 0 amide bonds. The van der Waals surface area contributed by atoms with Crippen molar-refractivity contribution in [3.8, 4) is 11.5 Å². The minimum Gasteiger partial charge on any atom is -0.508 e. The molecule has 0 heterocycles. The molecule has 1 aromatic carbocycles. The summed E-state index contributed by atoms with van der Waals surface area (Å²) < 4.78 is 4.99. The first kappa shape index (κ1) is 9.34. The average Bonchev–Trinajstić information content (AvgIpc) is 2.13. The molecule has 0 aliphatic heterocycles. The second-order valence-corrected chi connectivity index (χ2v) is 3.75. The van der Waals surface area contributed by atoms with Crippen LogP contribution in [0.5, 0.6) is 11.5 Å².